The normalized spacial score (nSPS) is 14.4. The van der Waals surface area contributed by atoms with E-state index in [2.05, 4.69) is 63.0 Å². The van der Waals surface area contributed by atoms with Gasteiger partial charge in [-0.25, -0.2) is 23.1 Å². The van der Waals surface area contributed by atoms with Crippen molar-refractivity contribution < 1.29 is 8.42 Å². The summed E-state index contributed by atoms with van der Waals surface area (Å²) in [5.41, 5.74) is 4.78. The molecule has 7 nitrogen and oxygen atoms in total. The van der Waals surface area contributed by atoms with Crippen LogP contribution in [-0.4, -0.2) is 42.4 Å². The molecule has 0 radical (unpaired) electrons. The van der Waals surface area contributed by atoms with Gasteiger partial charge in [-0.05, 0) is 61.7 Å². The minimum atomic E-state index is -3.34. The van der Waals surface area contributed by atoms with Gasteiger partial charge in [0, 0.05) is 29.9 Å². The summed E-state index contributed by atoms with van der Waals surface area (Å²) < 4.78 is 27.8. The second kappa shape index (κ2) is 12.4. The van der Waals surface area contributed by atoms with Crippen molar-refractivity contribution in [3.8, 4) is 11.3 Å². The highest BCUT2D eigenvalue weighted by Gasteiger charge is 2.21. The molecule has 0 aliphatic heterocycles. The summed E-state index contributed by atoms with van der Waals surface area (Å²) in [6.07, 6.45) is 6.77. The highest BCUT2D eigenvalue weighted by atomic mass is 32.2. The lowest BCUT2D eigenvalue weighted by molar-refractivity contribution is 0.280. The molecule has 0 unspecified atom stereocenters. The number of rotatable bonds is 12. The number of sulfonamides is 1. The molecule has 1 heterocycles. The van der Waals surface area contributed by atoms with Crippen LogP contribution in [0.5, 0.6) is 0 Å². The Morgan fingerprint density at radius 3 is 2.47 bits per heavy atom. The van der Waals surface area contributed by atoms with Crippen molar-refractivity contribution >= 4 is 21.5 Å². The molecule has 2 N–H and O–H groups in total. The topological polar surface area (TPSA) is 87.2 Å². The standard InChI is InChI=1S/C28H37N5O2S/c1-3-16-33(4-2)19-23-8-7-9-24(17-23)27-18-28(30-21-29-27)31-25-14-12-22(13-15-25)20-36(34,35)32-26-10-5-6-11-26/h7-9,12-15,17-18,21,26,32H,3-6,10-11,16,19-20H2,1-2H3,(H,29,30,31). The van der Waals surface area contributed by atoms with Gasteiger partial charge in [0.05, 0.1) is 11.4 Å². The average Bonchev–Trinajstić information content (AvgIpc) is 3.37. The largest absolute Gasteiger partial charge is 0.340 e. The van der Waals surface area contributed by atoms with Gasteiger partial charge in [-0.3, -0.25) is 4.90 Å². The first-order valence-electron chi connectivity index (χ1n) is 12.9. The predicted octanol–water partition coefficient (Wildman–Crippen LogP) is 5.48. The third-order valence-electron chi connectivity index (χ3n) is 6.57. The van der Waals surface area contributed by atoms with Crippen molar-refractivity contribution in [2.45, 2.75) is 64.3 Å². The first-order chi connectivity index (χ1) is 17.4. The van der Waals surface area contributed by atoms with E-state index in [0.717, 1.165) is 74.2 Å². The molecule has 0 atom stereocenters. The van der Waals surface area contributed by atoms with Crippen LogP contribution in [0.25, 0.3) is 11.3 Å². The molecule has 1 aliphatic rings. The van der Waals surface area contributed by atoms with Crippen LogP contribution in [0.1, 0.15) is 57.1 Å². The molecule has 4 rings (SSSR count). The lowest BCUT2D eigenvalue weighted by Gasteiger charge is -2.19. The van der Waals surface area contributed by atoms with Gasteiger partial charge >= 0.3 is 0 Å². The molecule has 1 aromatic heterocycles. The van der Waals surface area contributed by atoms with Gasteiger partial charge in [-0.2, -0.15) is 0 Å². The maximum absolute atomic E-state index is 12.5. The summed E-state index contributed by atoms with van der Waals surface area (Å²) in [4.78, 5) is 11.3. The first-order valence-corrected chi connectivity index (χ1v) is 14.6. The van der Waals surface area contributed by atoms with Crippen LogP contribution < -0.4 is 10.0 Å². The fourth-order valence-corrected chi connectivity index (χ4v) is 6.18. The number of anilines is 2. The molecule has 0 saturated heterocycles. The van der Waals surface area contributed by atoms with Gasteiger partial charge in [0.25, 0.3) is 0 Å². The van der Waals surface area contributed by atoms with E-state index in [9.17, 15) is 8.42 Å². The number of benzene rings is 2. The van der Waals surface area contributed by atoms with Crippen molar-refractivity contribution in [2.24, 2.45) is 0 Å². The summed E-state index contributed by atoms with van der Waals surface area (Å²) in [6.45, 7) is 7.44. The van der Waals surface area contributed by atoms with Crippen LogP contribution in [0, 0.1) is 0 Å². The highest BCUT2D eigenvalue weighted by Crippen LogP contribution is 2.24. The maximum Gasteiger partial charge on any atom is 0.216 e. The molecule has 2 aromatic carbocycles. The zero-order valence-electron chi connectivity index (χ0n) is 21.3. The molecule has 1 saturated carbocycles. The lowest BCUT2D eigenvalue weighted by Crippen LogP contribution is -2.33. The molecule has 0 spiro atoms. The van der Waals surface area contributed by atoms with Crippen LogP contribution in [0.2, 0.25) is 0 Å². The fourth-order valence-electron chi connectivity index (χ4n) is 4.73. The number of hydrogen-bond acceptors (Lipinski definition) is 6. The molecule has 0 bridgehead atoms. The van der Waals surface area contributed by atoms with Crippen LogP contribution in [0.15, 0.2) is 60.9 Å². The Morgan fingerprint density at radius 1 is 0.972 bits per heavy atom. The Hall–Kier alpha value is -2.81. The summed E-state index contributed by atoms with van der Waals surface area (Å²) in [7, 11) is -3.34. The van der Waals surface area contributed by atoms with Crippen LogP contribution in [0.3, 0.4) is 0 Å². The van der Waals surface area contributed by atoms with Crippen molar-refractivity contribution in [3.05, 3.63) is 72.1 Å². The summed E-state index contributed by atoms with van der Waals surface area (Å²) in [6, 6.07) is 18.0. The van der Waals surface area contributed by atoms with Crippen molar-refractivity contribution in [3.63, 3.8) is 0 Å². The van der Waals surface area contributed by atoms with Crippen molar-refractivity contribution in [1.29, 1.82) is 0 Å². The van der Waals surface area contributed by atoms with Gasteiger partial charge in [-0.1, -0.05) is 57.0 Å². The number of nitrogens with one attached hydrogen (secondary N) is 2. The van der Waals surface area contributed by atoms with Crippen molar-refractivity contribution in [2.75, 3.05) is 18.4 Å². The second-order valence-corrected chi connectivity index (χ2v) is 11.3. The molecule has 1 aliphatic carbocycles. The van der Waals surface area contributed by atoms with E-state index in [0.29, 0.717) is 5.82 Å². The van der Waals surface area contributed by atoms with E-state index in [4.69, 9.17) is 0 Å². The van der Waals surface area contributed by atoms with Gasteiger partial charge in [-0.15, -0.1) is 0 Å². The number of hydrogen-bond donors (Lipinski definition) is 2. The zero-order valence-corrected chi connectivity index (χ0v) is 22.1. The Morgan fingerprint density at radius 2 is 1.75 bits per heavy atom. The van der Waals surface area contributed by atoms with Gasteiger partial charge in [0.1, 0.15) is 12.1 Å². The average molecular weight is 508 g/mol. The van der Waals surface area contributed by atoms with E-state index >= 15 is 0 Å². The summed E-state index contributed by atoms with van der Waals surface area (Å²) >= 11 is 0. The van der Waals surface area contributed by atoms with E-state index < -0.39 is 10.0 Å². The minimum absolute atomic E-state index is 0.00844. The predicted molar refractivity (Wildman–Crippen MR) is 146 cm³/mol. The molecular formula is C28H37N5O2S. The zero-order chi connectivity index (χ0) is 25.4. The number of aromatic nitrogens is 2. The Bertz CT molecular complexity index is 1220. The Kier molecular flexibility index (Phi) is 9.07. The smallest absolute Gasteiger partial charge is 0.216 e. The van der Waals surface area contributed by atoms with Crippen LogP contribution in [-0.2, 0) is 22.3 Å². The van der Waals surface area contributed by atoms with E-state index in [1.54, 1.807) is 6.33 Å². The van der Waals surface area contributed by atoms with Crippen LogP contribution >= 0.6 is 0 Å². The van der Waals surface area contributed by atoms with Crippen LogP contribution in [0.4, 0.5) is 11.5 Å². The quantitative estimate of drug-likeness (QED) is 0.338. The Balaban J connectivity index is 1.40. The van der Waals surface area contributed by atoms with Crippen molar-refractivity contribution in [1.82, 2.24) is 19.6 Å². The minimum Gasteiger partial charge on any atom is -0.340 e. The van der Waals surface area contributed by atoms with Gasteiger partial charge in [0.15, 0.2) is 0 Å². The third-order valence-corrected chi connectivity index (χ3v) is 7.97. The van der Waals surface area contributed by atoms with Gasteiger partial charge < -0.3 is 5.32 Å². The highest BCUT2D eigenvalue weighted by molar-refractivity contribution is 7.88. The third kappa shape index (κ3) is 7.59. The lowest BCUT2D eigenvalue weighted by atomic mass is 10.1. The van der Waals surface area contributed by atoms with E-state index in [-0.39, 0.29) is 11.8 Å². The monoisotopic (exact) mass is 507 g/mol. The molecule has 36 heavy (non-hydrogen) atoms. The molecule has 8 heteroatoms. The summed E-state index contributed by atoms with van der Waals surface area (Å²) in [5, 5.41) is 3.31. The summed E-state index contributed by atoms with van der Waals surface area (Å²) in [5.74, 6) is 0.681. The number of nitrogens with zero attached hydrogens (tertiary/aromatic N) is 3. The molecule has 1 fully saturated rings. The molecule has 3 aromatic rings. The molecule has 192 valence electrons. The van der Waals surface area contributed by atoms with E-state index in [1.165, 1.54) is 5.56 Å². The van der Waals surface area contributed by atoms with Gasteiger partial charge in [0.2, 0.25) is 10.0 Å². The maximum atomic E-state index is 12.5. The van der Waals surface area contributed by atoms with E-state index in [1.807, 2.05) is 30.3 Å². The molecular weight excluding hydrogens is 470 g/mol. The SMILES string of the molecule is CCCN(CC)Cc1cccc(-c2cc(Nc3ccc(CS(=O)(=O)NC4CCCC4)cc3)ncn2)c1. The first kappa shape index (κ1) is 26.3. The second-order valence-electron chi connectivity index (χ2n) is 9.54. The Labute approximate surface area is 215 Å². The molecule has 0 amide bonds. The fraction of sp³-hybridized carbons (Fsp3) is 0.429.